The van der Waals surface area contributed by atoms with Crippen molar-refractivity contribution in [2.24, 2.45) is 0 Å². The summed E-state index contributed by atoms with van der Waals surface area (Å²) in [5, 5.41) is 0. The summed E-state index contributed by atoms with van der Waals surface area (Å²) >= 11 is 3.92. The van der Waals surface area contributed by atoms with Crippen molar-refractivity contribution in [1.82, 2.24) is 0 Å². The second kappa shape index (κ2) is 4.22. The minimum Gasteiger partial charge on any atom is -0.293 e. The van der Waals surface area contributed by atoms with Gasteiger partial charge in [-0.2, -0.15) is 12.6 Å². The van der Waals surface area contributed by atoms with E-state index in [0.29, 0.717) is 16.9 Å². The van der Waals surface area contributed by atoms with Crippen LogP contribution in [0.3, 0.4) is 0 Å². The fraction of sp³-hybridized carbons (Fsp3) is 0.364. The van der Waals surface area contributed by atoms with Crippen molar-refractivity contribution in [1.29, 1.82) is 0 Å². The van der Waals surface area contributed by atoms with Gasteiger partial charge < -0.3 is 0 Å². The number of sulfone groups is 1. The molecule has 0 amide bonds. The Morgan fingerprint density at radius 1 is 1.38 bits per heavy atom. The van der Waals surface area contributed by atoms with Gasteiger partial charge in [0.2, 0.25) is 0 Å². The van der Waals surface area contributed by atoms with Crippen LogP contribution < -0.4 is 0 Å². The number of hydrogen-bond acceptors (Lipinski definition) is 4. The quantitative estimate of drug-likeness (QED) is 0.645. The summed E-state index contributed by atoms with van der Waals surface area (Å²) in [6.45, 7) is 0. The van der Waals surface area contributed by atoms with Crippen LogP contribution in [0.15, 0.2) is 23.1 Å². The molecule has 0 spiro atoms. The first kappa shape index (κ1) is 11.7. The summed E-state index contributed by atoms with van der Waals surface area (Å²) in [6.07, 6.45) is 1.36. The first-order chi connectivity index (χ1) is 7.54. The predicted molar refractivity (Wildman–Crippen MR) is 65.0 cm³/mol. The van der Waals surface area contributed by atoms with Crippen LogP contribution >= 0.6 is 12.6 Å². The summed E-state index contributed by atoms with van der Waals surface area (Å²) < 4.78 is 23.4. The molecular formula is C11H12O3S2. The van der Waals surface area contributed by atoms with Gasteiger partial charge in [-0.25, -0.2) is 8.42 Å². The Morgan fingerprint density at radius 3 is 2.81 bits per heavy atom. The first-order valence-corrected chi connectivity index (χ1v) is 7.33. The number of aryl methyl sites for hydroxylation is 1. The third-order valence-corrected chi connectivity index (χ3v) is 4.90. The molecule has 0 atom stereocenters. The highest BCUT2D eigenvalue weighted by Crippen LogP contribution is 2.26. The van der Waals surface area contributed by atoms with Crippen molar-refractivity contribution in [3.63, 3.8) is 0 Å². The Balaban J connectivity index is 2.52. The predicted octanol–water partition coefficient (Wildman–Crippen LogP) is 1.52. The number of carbonyl (C=O) groups excluding carboxylic acids is 1. The second-order valence-electron chi connectivity index (χ2n) is 3.83. The van der Waals surface area contributed by atoms with Gasteiger partial charge in [0, 0.05) is 5.56 Å². The van der Waals surface area contributed by atoms with Crippen molar-refractivity contribution < 1.29 is 13.2 Å². The SMILES string of the molecule is O=C(CS)c1ccc2c(c1)CCCS2(=O)=O. The number of hydrogen-bond donors (Lipinski definition) is 1. The number of Topliss-reactive ketones (excluding diaryl/α,β-unsaturated/α-hetero) is 1. The standard InChI is InChI=1S/C11H12O3S2/c12-10(7-15)8-3-4-11-9(6-8)2-1-5-16(11,13)14/h3-4,6,15H,1-2,5,7H2. The highest BCUT2D eigenvalue weighted by Gasteiger charge is 2.23. The summed E-state index contributed by atoms with van der Waals surface area (Å²) in [5.74, 6) is 0.278. The normalized spacial score (nSPS) is 17.8. The van der Waals surface area contributed by atoms with Gasteiger partial charge in [0.1, 0.15) is 0 Å². The molecule has 3 nitrogen and oxygen atoms in total. The molecular weight excluding hydrogens is 244 g/mol. The van der Waals surface area contributed by atoms with Crippen LogP contribution in [0, 0.1) is 0 Å². The van der Waals surface area contributed by atoms with E-state index >= 15 is 0 Å². The van der Waals surface area contributed by atoms with Crippen molar-refractivity contribution in [2.45, 2.75) is 17.7 Å². The number of rotatable bonds is 2. The molecule has 0 aromatic heterocycles. The molecule has 1 aliphatic rings. The smallest absolute Gasteiger partial charge is 0.178 e. The molecule has 1 aliphatic heterocycles. The Morgan fingerprint density at radius 2 is 2.12 bits per heavy atom. The molecule has 1 aromatic rings. The highest BCUT2D eigenvalue weighted by atomic mass is 32.2. The lowest BCUT2D eigenvalue weighted by atomic mass is 10.0. The molecule has 1 aromatic carbocycles. The molecule has 0 saturated carbocycles. The van der Waals surface area contributed by atoms with Gasteiger partial charge in [-0.05, 0) is 30.5 Å². The van der Waals surface area contributed by atoms with E-state index in [-0.39, 0.29) is 17.3 Å². The molecule has 86 valence electrons. The Bertz CT molecular complexity index is 532. The fourth-order valence-electron chi connectivity index (χ4n) is 1.91. The van der Waals surface area contributed by atoms with Crippen LogP contribution in [0.1, 0.15) is 22.3 Å². The summed E-state index contributed by atoms with van der Waals surface area (Å²) in [7, 11) is -3.12. The maximum Gasteiger partial charge on any atom is 0.178 e. The molecule has 0 saturated heterocycles. The minimum atomic E-state index is -3.12. The lowest BCUT2D eigenvalue weighted by Crippen LogP contribution is -2.16. The number of ketones is 1. The van der Waals surface area contributed by atoms with Gasteiger partial charge in [0.15, 0.2) is 15.6 Å². The van der Waals surface area contributed by atoms with E-state index in [4.69, 9.17) is 0 Å². The zero-order valence-electron chi connectivity index (χ0n) is 8.64. The maximum absolute atomic E-state index is 11.7. The summed E-state index contributed by atoms with van der Waals surface area (Å²) in [5.41, 5.74) is 1.31. The third-order valence-electron chi connectivity index (χ3n) is 2.72. The Labute approximate surface area is 100 Å². The van der Waals surface area contributed by atoms with Crippen LogP contribution in [0.4, 0.5) is 0 Å². The molecule has 16 heavy (non-hydrogen) atoms. The summed E-state index contributed by atoms with van der Waals surface area (Å²) in [6, 6.07) is 4.80. The molecule has 1 heterocycles. The molecule has 5 heteroatoms. The van der Waals surface area contributed by atoms with E-state index in [1.54, 1.807) is 18.2 Å². The van der Waals surface area contributed by atoms with Gasteiger partial charge >= 0.3 is 0 Å². The zero-order valence-corrected chi connectivity index (χ0v) is 10.4. The summed E-state index contributed by atoms with van der Waals surface area (Å²) in [4.78, 5) is 11.8. The van der Waals surface area contributed by atoms with E-state index in [2.05, 4.69) is 12.6 Å². The van der Waals surface area contributed by atoms with E-state index in [1.165, 1.54) is 0 Å². The molecule has 2 rings (SSSR count). The fourth-order valence-corrected chi connectivity index (χ4v) is 3.67. The van der Waals surface area contributed by atoms with Crippen molar-refractivity contribution in [3.05, 3.63) is 29.3 Å². The van der Waals surface area contributed by atoms with Crippen LogP contribution in [-0.2, 0) is 16.3 Å². The van der Waals surface area contributed by atoms with Crippen LogP contribution in [0.5, 0.6) is 0 Å². The maximum atomic E-state index is 11.7. The van der Waals surface area contributed by atoms with Crippen LogP contribution in [0.2, 0.25) is 0 Å². The molecule has 0 fully saturated rings. The monoisotopic (exact) mass is 256 g/mol. The van der Waals surface area contributed by atoms with Crippen molar-refractivity contribution in [2.75, 3.05) is 11.5 Å². The first-order valence-electron chi connectivity index (χ1n) is 5.04. The number of carbonyl (C=O) groups is 1. The van der Waals surface area contributed by atoms with Crippen LogP contribution in [-0.4, -0.2) is 25.7 Å². The lowest BCUT2D eigenvalue weighted by Gasteiger charge is -2.16. The van der Waals surface area contributed by atoms with E-state index in [0.717, 1.165) is 12.0 Å². The average Bonchev–Trinajstić information content (AvgIpc) is 2.27. The lowest BCUT2D eigenvalue weighted by molar-refractivity contribution is 0.102. The molecule has 0 unspecified atom stereocenters. The van der Waals surface area contributed by atoms with Gasteiger partial charge in [-0.15, -0.1) is 0 Å². The molecule has 0 bridgehead atoms. The van der Waals surface area contributed by atoms with Gasteiger partial charge in [0.25, 0.3) is 0 Å². The van der Waals surface area contributed by atoms with E-state index < -0.39 is 9.84 Å². The highest BCUT2D eigenvalue weighted by molar-refractivity contribution is 7.91. The van der Waals surface area contributed by atoms with E-state index in [1.807, 2.05) is 0 Å². The van der Waals surface area contributed by atoms with E-state index in [9.17, 15) is 13.2 Å². The molecule has 0 N–H and O–H groups in total. The van der Waals surface area contributed by atoms with Gasteiger partial charge in [0.05, 0.1) is 16.4 Å². The number of thiol groups is 1. The number of benzene rings is 1. The third kappa shape index (κ3) is 2.01. The van der Waals surface area contributed by atoms with Crippen molar-refractivity contribution in [3.8, 4) is 0 Å². The largest absolute Gasteiger partial charge is 0.293 e. The second-order valence-corrected chi connectivity index (χ2v) is 6.22. The topological polar surface area (TPSA) is 51.2 Å². The van der Waals surface area contributed by atoms with Gasteiger partial charge in [-0.1, -0.05) is 6.07 Å². The average molecular weight is 256 g/mol. The van der Waals surface area contributed by atoms with Crippen LogP contribution in [0.25, 0.3) is 0 Å². The van der Waals surface area contributed by atoms with Crippen molar-refractivity contribution >= 4 is 28.2 Å². The Hall–Kier alpha value is -0.810. The Kier molecular flexibility index (Phi) is 3.08. The molecule has 0 radical (unpaired) electrons. The minimum absolute atomic E-state index is 0.0749. The van der Waals surface area contributed by atoms with Gasteiger partial charge in [-0.3, -0.25) is 4.79 Å². The number of fused-ring (bicyclic) bond motifs is 1. The molecule has 0 aliphatic carbocycles. The zero-order chi connectivity index (χ0) is 11.8.